The van der Waals surface area contributed by atoms with Gasteiger partial charge in [0.15, 0.2) is 0 Å². The smallest absolute Gasteiger partial charge is 0.234 e. The number of nitrogens with zero attached hydrogens (tertiary/aromatic N) is 1. The van der Waals surface area contributed by atoms with Crippen molar-refractivity contribution in [2.45, 2.75) is 52.4 Å². The van der Waals surface area contributed by atoms with Gasteiger partial charge in [0.2, 0.25) is 5.88 Å². The van der Waals surface area contributed by atoms with Gasteiger partial charge in [0.05, 0.1) is 11.6 Å². The van der Waals surface area contributed by atoms with Crippen molar-refractivity contribution < 1.29 is 4.74 Å². The summed E-state index contributed by atoms with van der Waals surface area (Å²) in [5, 5.41) is 4.06. The molecule has 0 amide bonds. The van der Waals surface area contributed by atoms with Crippen LogP contribution < -0.4 is 10.1 Å². The normalized spacial score (nSPS) is 10.6. The van der Waals surface area contributed by atoms with Crippen LogP contribution in [-0.4, -0.2) is 18.1 Å². The van der Waals surface area contributed by atoms with Gasteiger partial charge in [-0.15, -0.1) is 0 Å². The second-order valence-electron chi connectivity index (χ2n) is 4.75. The number of nitrogens with one attached hydrogen (secondary N) is 1. The Balaban J connectivity index is 2.37. The van der Waals surface area contributed by atoms with Gasteiger partial charge in [-0.3, -0.25) is 0 Å². The Kier molecular flexibility index (Phi) is 8.79. The minimum atomic E-state index is 0.459. The Morgan fingerprint density at radius 3 is 2.45 bits per heavy atom. The van der Waals surface area contributed by atoms with Crippen LogP contribution in [0.5, 0.6) is 5.88 Å². The first kappa shape index (κ1) is 17.4. The minimum absolute atomic E-state index is 0.459. The summed E-state index contributed by atoms with van der Waals surface area (Å²) < 4.78 is 5.64. The largest absolute Gasteiger partial charge is 0.477 e. The number of anilines is 1. The van der Waals surface area contributed by atoms with E-state index in [9.17, 15) is 0 Å². The van der Waals surface area contributed by atoms with Crippen molar-refractivity contribution in [2.24, 2.45) is 0 Å². The third-order valence-corrected chi connectivity index (χ3v) is 3.54. The molecule has 1 heterocycles. The highest BCUT2D eigenvalue weighted by Gasteiger charge is 2.09. The zero-order valence-corrected chi connectivity index (χ0v) is 13.9. The predicted octanol–water partition coefficient (Wildman–Crippen LogP) is 5.56. The molecule has 0 aliphatic carbocycles. The molecule has 0 radical (unpaired) electrons. The molecule has 20 heavy (non-hydrogen) atoms. The standard InChI is InChI=1S/C15H24Cl2N2O/c1-3-5-6-7-8-9-10-20-15-13(17)11-12(16)14(19-15)18-4-2/h11H,3-10H2,1-2H3,(H,18,19). The summed E-state index contributed by atoms with van der Waals surface area (Å²) in [5.74, 6) is 1.08. The molecule has 0 aromatic carbocycles. The third-order valence-electron chi connectivity index (χ3n) is 2.98. The van der Waals surface area contributed by atoms with Gasteiger partial charge >= 0.3 is 0 Å². The van der Waals surface area contributed by atoms with Crippen LogP contribution in [0.25, 0.3) is 0 Å². The zero-order valence-electron chi connectivity index (χ0n) is 12.3. The van der Waals surface area contributed by atoms with E-state index in [-0.39, 0.29) is 0 Å². The van der Waals surface area contributed by atoms with Crippen LogP contribution in [0.2, 0.25) is 10.0 Å². The molecule has 5 heteroatoms. The van der Waals surface area contributed by atoms with E-state index < -0.39 is 0 Å². The molecule has 0 aliphatic rings. The first-order chi connectivity index (χ1) is 9.69. The van der Waals surface area contributed by atoms with E-state index in [2.05, 4.69) is 17.2 Å². The number of rotatable bonds is 10. The van der Waals surface area contributed by atoms with Crippen LogP contribution in [0.3, 0.4) is 0 Å². The first-order valence-corrected chi connectivity index (χ1v) is 8.17. The summed E-state index contributed by atoms with van der Waals surface area (Å²) in [5.41, 5.74) is 0. The second kappa shape index (κ2) is 10.1. The Hall–Kier alpha value is -0.670. The maximum atomic E-state index is 6.08. The second-order valence-corrected chi connectivity index (χ2v) is 5.57. The van der Waals surface area contributed by atoms with Crippen LogP contribution in [0.15, 0.2) is 6.07 Å². The molecule has 0 fully saturated rings. The van der Waals surface area contributed by atoms with Crippen molar-refractivity contribution in [3.05, 3.63) is 16.1 Å². The Bertz CT molecular complexity index is 400. The first-order valence-electron chi connectivity index (χ1n) is 7.41. The molecule has 0 atom stereocenters. The van der Waals surface area contributed by atoms with Gasteiger partial charge in [0.25, 0.3) is 0 Å². The van der Waals surface area contributed by atoms with Crippen LogP contribution in [-0.2, 0) is 0 Å². The van der Waals surface area contributed by atoms with Gasteiger partial charge in [0.1, 0.15) is 10.8 Å². The average molecular weight is 319 g/mol. The molecular weight excluding hydrogens is 295 g/mol. The van der Waals surface area contributed by atoms with Crippen LogP contribution in [0.1, 0.15) is 52.4 Å². The molecule has 0 spiro atoms. The lowest BCUT2D eigenvalue weighted by Crippen LogP contribution is -2.04. The number of hydrogen-bond acceptors (Lipinski definition) is 3. The summed E-state index contributed by atoms with van der Waals surface area (Å²) in [6.45, 7) is 5.61. The highest BCUT2D eigenvalue weighted by Crippen LogP contribution is 2.30. The highest BCUT2D eigenvalue weighted by molar-refractivity contribution is 6.36. The Morgan fingerprint density at radius 1 is 1.05 bits per heavy atom. The zero-order chi connectivity index (χ0) is 14.8. The Morgan fingerprint density at radius 2 is 1.75 bits per heavy atom. The molecule has 0 unspecified atom stereocenters. The summed E-state index contributed by atoms with van der Waals surface area (Å²) in [6.07, 6.45) is 7.38. The predicted molar refractivity (Wildman–Crippen MR) is 87.3 cm³/mol. The van der Waals surface area contributed by atoms with Gasteiger partial charge in [-0.25, -0.2) is 0 Å². The average Bonchev–Trinajstić information content (AvgIpc) is 2.42. The number of hydrogen-bond donors (Lipinski definition) is 1. The van der Waals surface area contributed by atoms with E-state index in [1.165, 1.54) is 32.1 Å². The molecule has 0 saturated heterocycles. The van der Waals surface area contributed by atoms with Gasteiger partial charge in [-0.2, -0.15) is 4.98 Å². The van der Waals surface area contributed by atoms with Crippen molar-refractivity contribution in [2.75, 3.05) is 18.5 Å². The fraction of sp³-hybridized carbons (Fsp3) is 0.667. The van der Waals surface area contributed by atoms with Gasteiger partial charge in [-0.05, 0) is 19.4 Å². The van der Waals surface area contributed by atoms with E-state index in [0.29, 0.717) is 28.3 Å². The molecule has 0 aliphatic heterocycles. The fourth-order valence-electron chi connectivity index (χ4n) is 1.89. The molecule has 0 bridgehead atoms. The summed E-state index contributed by atoms with van der Waals surface area (Å²) >= 11 is 12.1. The van der Waals surface area contributed by atoms with Crippen molar-refractivity contribution in [1.82, 2.24) is 4.98 Å². The highest BCUT2D eigenvalue weighted by atomic mass is 35.5. The third kappa shape index (κ3) is 6.19. The van der Waals surface area contributed by atoms with E-state index in [1.54, 1.807) is 6.07 Å². The van der Waals surface area contributed by atoms with Crippen LogP contribution in [0, 0.1) is 0 Å². The monoisotopic (exact) mass is 318 g/mol. The summed E-state index contributed by atoms with van der Waals surface area (Å²) in [7, 11) is 0. The Labute approximate surface area is 132 Å². The van der Waals surface area contributed by atoms with Crippen molar-refractivity contribution in [1.29, 1.82) is 0 Å². The van der Waals surface area contributed by atoms with Gasteiger partial charge < -0.3 is 10.1 Å². The van der Waals surface area contributed by atoms with Crippen LogP contribution >= 0.6 is 23.2 Å². The van der Waals surface area contributed by atoms with Gasteiger partial charge in [0, 0.05) is 6.54 Å². The van der Waals surface area contributed by atoms with Gasteiger partial charge in [-0.1, -0.05) is 62.2 Å². The molecule has 1 rings (SSSR count). The number of unbranched alkanes of at least 4 members (excludes halogenated alkanes) is 5. The number of aromatic nitrogens is 1. The van der Waals surface area contributed by atoms with E-state index >= 15 is 0 Å². The lowest BCUT2D eigenvalue weighted by molar-refractivity contribution is 0.294. The molecule has 3 nitrogen and oxygen atoms in total. The van der Waals surface area contributed by atoms with Crippen molar-refractivity contribution >= 4 is 29.0 Å². The summed E-state index contributed by atoms with van der Waals surface area (Å²) in [4.78, 5) is 4.31. The van der Waals surface area contributed by atoms with Crippen LogP contribution in [0.4, 0.5) is 5.82 Å². The molecule has 114 valence electrons. The number of halogens is 2. The van der Waals surface area contributed by atoms with E-state index in [1.807, 2.05) is 6.92 Å². The molecular formula is C15H24Cl2N2O. The topological polar surface area (TPSA) is 34.1 Å². The molecule has 1 N–H and O–H groups in total. The van der Waals surface area contributed by atoms with Crippen molar-refractivity contribution in [3.8, 4) is 5.88 Å². The SMILES string of the molecule is CCCCCCCCOc1nc(NCC)c(Cl)cc1Cl. The lowest BCUT2D eigenvalue weighted by atomic mass is 10.1. The molecule has 1 aromatic heterocycles. The summed E-state index contributed by atoms with van der Waals surface area (Å²) in [6, 6.07) is 1.67. The maximum absolute atomic E-state index is 6.08. The van der Waals surface area contributed by atoms with E-state index in [0.717, 1.165) is 13.0 Å². The lowest BCUT2D eigenvalue weighted by Gasteiger charge is -2.11. The quantitative estimate of drug-likeness (QED) is 0.573. The molecule has 1 aromatic rings. The maximum Gasteiger partial charge on any atom is 0.234 e. The fourth-order valence-corrected chi connectivity index (χ4v) is 2.37. The number of pyridine rings is 1. The number of ether oxygens (including phenoxy) is 1. The minimum Gasteiger partial charge on any atom is -0.477 e. The van der Waals surface area contributed by atoms with Crippen molar-refractivity contribution in [3.63, 3.8) is 0 Å². The molecule has 0 saturated carbocycles. The van der Waals surface area contributed by atoms with E-state index in [4.69, 9.17) is 27.9 Å².